The molecule has 0 saturated carbocycles. The number of carbonyl (C=O) groups is 1. The predicted molar refractivity (Wildman–Crippen MR) is 94.8 cm³/mol. The lowest BCUT2D eigenvalue weighted by molar-refractivity contribution is -0.121. The molecular formula is C18H21N3O2S. The average molecular weight is 343 g/mol. The summed E-state index contributed by atoms with van der Waals surface area (Å²) < 4.78 is 4.48. The lowest BCUT2D eigenvalue weighted by Gasteiger charge is -2.21. The van der Waals surface area contributed by atoms with E-state index in [0.717, 1.165) is 28.2 Å². The number of benzene rings is 1. The number of aliphatic hydroxyl groups excluding tert-OH is 1. The zero-order valence-corrected chi connectivity index (χ0v) is 14.9. The van der Waals surface area contributed by atoms with Crippen molar-refractivity contribution < 1.29 is 9.90 Å². The summed E-state index contributed by atoms with van der Waals surface area (Å²) in [6.07, 6.45) is 0.855. The normalized spacial score (nSPS) is 10.7. The van der Waals surface area contributed by atoms with Gasteiger partial charge in [0.15, 0.2) is 0 Å². The molecule has 0 aliphatic heterocycles. The van der Waals surface area contributed by atoms with Crippen molar-refractivity contribution in [2.75, 3.05) is 11.5 Å². The molecule has 0 spiro atoms. The van der Waals surface area contributed by atoms with E-state index in [1.54, 1.807) is 23.1 Å². The molecular weight excluding hydrogens is 322 g/mol. The highest BCUT2D eigenvalue weighted by atomic mass is 32.1. The maximum atomic E-state index is 12.2. The van der Waals surface area contributed by atoms with Crippen molar-refractivity contribution in [3.05, 3.63) is 46.6 Å². The van der Waals surface area contributed by atoms with Crippen molar-refractivity contribution in [2.24, 2.45) is 5.92 Å². The van der Waals surface area contributed by atoms with Gasteiger partial charge in [-0.05, 0) is 48.5 Å². The number of nitrogens with zero attached hydrogens (tertiary/aromatic N) is 3. The summed E-state index contributed by atoms with van der Waals surface area (Å²) in [6, 6.07) is 9.23. The number of hydrogen-bond donors (Lipinski definition) is 1. The summed E-state index contributed by atoms with van der Waals surface area (Å²) in [5, 5.41) is 19.1. The largest absolute Gasteiger partial charge is 0.387 e. The molecule has 1 amide bonds. The maximum absolute atomic E-state index is 12.2. The minimum Gasteiger partial charge on any atom is -0.387 e. The van der Waals surface area contributed by atoms with Crippen molar-refractivity contribution in [1.29, 1.82) is 5.26 Å². The van der Waals surface area contributed by atoms with Crippen LogP contribution in [0, 0.1) is 24.2 Å². The van der Waals surface area contributed by atoms with Crippen LogP contribution >= 0.6 is 11.5 Å². The van der Waals surface area contributed by atoms with Crippen molar-refractivity contribution in [1.82, 2.24) is 4.37 Å². The molecule has 24 heavy (non-hydrogen) atoms. The Kier molecular flexibility index (Phi) is 6.07. The topological polar surface area (TPSA) is 77.2 Å². The van der Waals surface area contributed by atoms with Gasteiger partial charge in [0.05, 0.1) is 23.9 Å². The van der Waals surface area contributed by atoms with Gasteiger partial charge in [0.2, 0.25) is 0 Å². The number of hydrogen-bond acceptors (Lipinski definition) is 5. The first-order chi connectivity index (χ1) is 11.5. The third-order valence-electron chi connectivity index (χ3n) is 3.68. The minimum absolute atomic E-state index is 0.305. The number of aromatic nitrogens is 1. The number of aliphatic hydroxyl groups is 1. The molecule has 126 valence electrons. The van der Waals surface area contributed by atoms with Crippen molar-refractivity contribution in [3.63, 3.8) is 0 Å². The number of nitriles is 1. The van der Waals surface area contributed by atoms with E-state index in [2.05, 4.69) is 24.3 Å². The van der Waals surface area contributed by atoms with E-state index < -0.39 is 6.61 Å². The fourth-order valence-electron chi connectivity index (χ4n) is 2.47. The Morgan fingerprint density at radius 3 is 2.83 bits per heavy atom. The molecule has 0 aliphatic carbocycles. The molecule has 0 fully saturated rings. The summed E-state index contributed by atoms with van der Waals surface area (Å²) in [5.74, 6) is 0.105. The molecule has 5 nitrogen and oxygen atoms in total. The lowest BCUT2D eigenvalue weighted by atomic mass is 10.1. The molecule has 2 aromatic rings. The highest BCUT2D eigenvalue weighted by Gasteiger charge is 2.22. The predicted octanol–water partition coefficient (Wildman–Crippen LogP) is 3.05. The lowest BCUT2D eigenvalue weighted by Crippen LogP contribution is -2.32. The van der Waals surface area contributed by atoms with Crippen LogP contribution in [0.2, 0.25) is 0 Å². The summed E-state index contributed by atoms with van der Waals surface area (Å²) >= 11 is 1.28. The summed E-state index contributed by atoms with van der Waals surface area (Å²) in [4.78, 5) is 13.8. The van der Waals surface area contributed by atoms with Crippen LogP contribution in [0.4, 0.5) is 5.00 Å². The van der Waals surface area contributed by atoms with Crippen LogP contribution in [0.25, 0.3) is 0 Å². The highest BCUT2D eigenvalue weighted by molar-refractivity contribution is 7.10. The average Bonchev–Trinajstić information content (AvgIpc) is 2.92. The van der Waals surface area contributed by atoms with E-state index >= 15 is 0 Å². The van der Waals surface area contributed by atoms with E-state index in [4.69, 9.17) is 5.26 Å². The molecule has 0 aliphatic rings. The first kappa shape index (κ1) is 18.1. The quantitative estimate of drug-likeness (QED) is 0.874. The monoisotopic (exact) mass is 343 g/mol. The number of anilines is 1. The third-order valence-corrected chi connectivity index (χ3v) is 4.69. The number of carbonyl (C=O) groups excluding carboxylic acids is 1. The van der Waals surface area contributed by atoms with Gasteiger partial charge in [0.1, 0.15) is 11.6 Å². The molecule has 2 rings (SSSR count). The Hall–Kier alpha value is -2.23. The molecule has 1 N–H and O–H groups in total. The molecule has 0 saturated heterocycles. The Morgan fingerprint density at radius 2 is 2.21 bits per heavy atom. The van der Waals surface area contributed by atoms with Crippen LogP contribution in [0.3, 0.4) is 0 Å². The van der Waals surface area contributed by atoms with Gasteiger partial charge in [-0.1, -0.05) is 26.0 Å². The molecule has 1 heterocycles. The first-order valence-electron chi connectivity index (χ1n) is 7.81. The van der Waals surface area contributed by atoms with Crippen LogP contribution < -0.4 is 4.90 Å². The van der Waals surface area contributed by atoms with Gasteiger partial charge in [0, 0.05) is 5.56 Å². The third kappa shape index (κ3) is 4.19. The standard InChI is InChI=1S/C18H21N3O2S/c1-12(2)7-16-13(3)18(24-20-16)21(17(23)11-22)10-15-6-4-5-14(8-15)9-19/h4-6,8,12,22H,7,10-11H2,1-3H3. The van der Waals surface area contributed by atoms with Gasteiger partial charge in [-0.3, -0.25) is 9.69 Å². The first-order valence-corrected chi connectivity index (χ1v) is 8.59. The molecule has 0 unspecified atom stereocenters. The summed E-state index contributed by atoms with van der Waals surface area (Å²) in [6.45, 7) is 5.96. The van der Waals surface area contributed by atoms with Crippen LogP contribution in [0.15, 0.2) is 24.3 Å². The van der Waals surface area contributed by atoms with Gasteiger partial charge < -0.3 is 5.11 Å². The SMILES string of the molecule is Cc1c(CC(C)C)nsc1N(Cc1cccc(C#N)c1)C(=O)CO. The van der Waals surface area contributed by atoms with E-state index in [-0.39, 0.29) is 5.91 Å². The van der Waals surface area contributed by atoms with Crippen molar-refractivity contribution in [2.45, 2.75) is 33.7 Å². The zero-order chi connectivity index (χ0) is 17.7. The van der Waals surface area contributed by atoms with Crippen LogP contribution in [0.1, 0.15) is 36.2 Å². The van der Waals surface area contributed by atoms with E-state index in [9.17, 15) is 9.90 Å². The molecule has 1 aromatic heterocycles. The van der Waals surface area contributed by atoms with Gasteiger partial charge >= 0.3 is 0 Å². The summed E-state index contributed by atoms with van der Waals surface area (Å²) in [7, 11) is 0. The fourth-order valence-corrected chi connectivity index (χ4v) is 3.40. The van der Waals surface area contributed by atoms with Gasteiger partial charge in [-0.15, -0.1) is 0 Å². The summed E-state index contributed by atoms with van der Waals surface area (Å²) in [5.41, 5.74) is 3.36. The Labute approximate surface area is 146 Å². The number of amides is 1. The molecule has 0 atom stereocenters. The molecule has 0 radical (unpaired) electrons. The van der Waals surface area contributed by atoms with Crippen LogP contribution in [-0.2, 0) is 17.8 Å². The fraction of sp³-hybridized carbons (Fsp3) is 0.389. The molecule has 6 heteroatoms. The molecule has 0 bridgehead atoms. The Bertz CT molecular complexity index is 762. The smallest absolute Gasteiger partial charge is 0.253 e. The highest BCUT2D eigenvalue weighted by Crippen LogP contribution is 2.31. The Balaban J connectivity index is 2.34. The Morgan fingerprint density at radius 1 is 1.46 bits per heavy atom. The van der Waals surface area contributed by atoms with Crippen LogP contribution in [0.5, 0.6) is 0 Å². The van der Waals surface area contributed by atoms with Gasteiger partial charge in [0.25, 0.3) is 5.91 Å². The second-order valence-corrected chi connectivity index (χ2v) is 6.86. The molecule has 1 aromatic carbocycles. The van der Waals surface area contributed by atoms with Crippen molar-refractivity contribution >= 4 is 22.4 Å². The van der Waals surface area contributed by atoms with Gasteiger partial charge in [-0.2, -0.15) is 9.64 Å². The minimum atomic E-state index is -0.561. The van der Waals surface area contributed by atoms with E-state index in [1.807, 2.05) is 13.0 Å². The zero-order valence-electron chi connectivity index (χ0n) is 14.1. The second kappa shape index (κ2) is 8.04. The van der Waals surface area contributed by atoms with Gasteiger partial charge in [-0.25, -0.2) is 0 Å². The van der Waals surface area contributed by atoms with Crippen LogP contribution in [-0.4, -0.2) is 22.0 Å². The maximum Gasteiger partial charge on any atom is 0.253 e. The second-order valence-electron chi connectivity index (χ2n) is 6.11. The number of rotatable bonds is 6. The van der Waals surface area contributed by atoms with E-state index in [0.29, 0.717) is 18.0 Å². The van der Waals surface area contributed by atoms with Crippen molar-refractivity contribution in [3.8, 4) is 6.07 Å². The van der Waals surface area contributed by atoms with E-state index in [1.165, 1.54) is 11.5 Å².